The summed E-state index contributed by atoms with van der Waals surface area (Å²) in [5.41, 5.74) is 14.9. The molecule has 0 bridgehead atoms. The minimum atomic E-state index is 0.581. The van der Waals surface area contributed by atoms with Crippen molar-refractivity contribution in [1.82, 2.24) is 48.2 Å². The van der Waals surface area contributed by atoms with Gasteiger partial charge in [0.2, 0.25) is 11.9 Å². The van der Waals surface area contributed by atoms with Gasteiger partial charge < -0.3 is 9.13 Å². The van der Waals surface area contributed by atoms with Crippen LogP contribution in [0.5, 0.6) is 0 Å². The predicted octanol–water partition coefficient (Wildman–Crippen LogP) is 24.7. The van der Waals surface area contributed by atoms with Gasteiger partial charge in [-0.25, -0.2) is 9.97 Å². The van der Waals surface area contributed by atoms with E-state index < -0.39 is 0 Å². The van der Waals surface area contributed by atoms with Gasteiger partial charge in [-0.15, -0.1) is 22.7 Å². The predicted molar refractivity (Wildman–Crippen MR) is 442 cm³/mol. The Morgan fingerprint density at radius 1 is 0.198 bits per heavy atom. The Bertz CT molecular complexity index is 7530. The van der Waals surface area contributed by atoms with Crippen molar-refractivity contribution in [1.29, 1.82) is 0 Å². The first-order valence-corrected chi connectivity index (χ1v) is 37.1. The van der Waals surface area contributed by atoms with E-state index in [1.807, 2.05) is 18.2 Å². The van der Waals surface area contributed by atoms with E-state index in [1.165, 1.54) is 89.3 Å². The molecule has 0 unspecified atom stereocenters. The maximum atomic E-state index is 5.34. The van der Waals surface area contributed by atoms with Gasteiger partial charge in [0.15, 0.2) is 23.3 Å². The van der Waals surface area contributed by atoms with Crippen LogP contribution in [0.15, 0.2) is 340 Å². The quantitative estimate of drug-likeness (QED) is 0.150. The molecule has 23 aromatic rings. The van der Waals surface area contributed by atoms with Gasteiger partial charge in [-0.2, -0.15) is 19.9 Å². The average molecular weight is 1390 g/mol. The van der Waals surface area contributed by atoms with Crippen LogP contribution in [0.1, 0.15) is 0 Å². The molecule has 12 heteroatoms. The Balaban J connectivity index is 0.000000133. The standard InChI is InChI=1S/C49H29N5S.C45H27N5S/c1-2-14-34(15-3-1)53-40-19-9-6-16-35(40)38-26-27-42-45(46(38)53)39-18-7-10-20-41(39)54(42)49-51-47(32-23-22-30-12-4-5-13-31(30)28-32)50-48(52-49)33-24-25-37-36-17-8-11-21-43(36)55-44(37)29-33;1-3-13-28(14-4-1)43-46-44(29-23-24-33-32-18-9-12-22-39(32)51-40(33)27-29)48-45(47-43)50-37-21-11-8-19-35(37)41-38(50)26-25-34-31-17-7-10-20-36(31)49(42(34)41)30-15-5-2-6-16-30/h1-29H;1-27H. The monoisotopic (exact) mass is 1390 g/mol. The minimum Gasteiger partial charge on any atom is -0.309 e. The van der Waals surface area contributed by atoms with Crippen LogP contribution in [0.2, 0.25) is 0 Å². The number of para-hydroxylation sites is 6. The zero-order valence-electron chi connectivity index (χ0n) is 56.6. The molecule has 10 nitrogen and oxygen atoms in total. The van der Waals surface area contributed by atoms with Crippen LogP contribution < -0.4 is 0 Å². The van der Waals surface area contributed by atoms with E-state index >= 15 is 0 Å². The summed E-state index contributed by atoms with van der Waals surface area (Å²) < 4.78 is 14.2. The van der Waals surface area contributed by atoms with E-state index in [2.05, 4.69) is 340 Å². The van der Waals surface area contributed by atoms with Crippen LogP contribution in [0, 0.1) is 0 Å². The molecule has 15 aromatic carbocycles. The van der Waals surface area contributed by atoms with Crippen LogP contribution in [-0.2, 0) is 0 Å². The number of aromatic nitrogens is 10. The first-order chi connectivity index (χ1) is 52.6. The molecule has 0 amide bonds. The van der Waals surface area contributed by atoms with E-state index in [4.69, 9.17) is 29.9 Å². The van der Waals surface area contributed by atoms with Gasteiger partial charge >= 0.3 is 0 Å². The first kappa shape index (κ1) is 59.9. The molecule has 0 saturated heterocycles. The number of hydrogen-bond donors (Lipinski definition) is 0. The summed E-state index contributed by atoms with van der Waals surface area (Å²) in [5.74, 6) is 3.72. The second kappa shape index (κ2) is 23.9. The Morgan fingerprint density at radius 3 is 1.01 bits per heavy atom. The number of hydrogen-bond acceptors (Lipinski definition) is 8. The van der Waals surface area contributed by atoms with E-state index in [1.54, 1.807) is 22.7 Å². The molecule has 0 aliphatic rings. The molecule has 8 aromatic heterocycles. The van der Waals surface area contributed by atoms with Crippen molar-refractivity contribution in [2.24, 2.45) is 0 Å². The highest BCUT2D eigenvalue weighted by Gasteiger charge is 2.26. The lowest BCUT2D eigenvalue weighted by atomic mass is 10.1. The molecule has 0 spiro atoms. The summed E-state index contributed by atoms with van der Waals surface area (Å²) >= 11 is 3.60. The highest BCUT2D eigenvalue weighted by Crippen LogP contribution is 2.46. The lowest BCUT2D eigenvalue weighted by Crippen LogP contribution is -2.06. The minimum absolute atomic E-state index is 0.581. The normalized spacial score (nSPS) is 12.0. The van der Waals surface area contributed by atoms with Gasteiger partial charge in [0.05, 0.1) is 44.1 Å². The summed E-state index contributed by atoms with van der Waals surface area (Å²) in [5, 5.41) is 16.8. The molecule has 0 aliphatic heterocycles. The molecule has 0 saturated carbocycles. The van der Waals surface area contributed by atoms with Crippen molar-refractivity contribution in [3.8, 4) is 68.8 Å². The Morgan fingerprint density at radius 2 is 0.538 bits per heavy atom. The van der Waals surface area contributed by atoms with Gasteiger partial charge in [0.1, 0.15) is 0 Å². The van der Waals surface area contributed by atoms with Crippen LogP contribution in [0.4, 0.5) is 0 Å². The Hall–Kier alpha value is -13.8. The van der Waals surface area contributed by atoms with Gasteiger partial charge in [-0.05, 0) is 102 Å². The molecular formula is C94H56N10S2. The summed E-state index contributed by atoms with van der Waals surface area (Å²) in [6.45, 7) is 0. The molecule has 106 heavy (non-hydrogen) atoms. The summed E-state index contributed by atoms with van der Waals surface area (Å²) in [4.78, 5) is 31.4. The molecule has 0 fully saturated rings. The fourth-order valence-corrected chi connectivity index (χ4v) is 18.5. The van der Waals surface area contributed by atoms with Gasteiger partial charge in [-0.1, -0.05) is 249 Å². The van der Waals surface area contributed by atoms with Crippen LogP contribution >= 0.6 is 22.7 Å². The topological polar surface area (TPSA) is 97.1 Å². The van der Waals surface area contributed by atoms with Crippen molar-refractivity contribution >= 4 is 161 Å². The van der Waals surface area contributed by atoms with Gasteiger partial charge in [0.25, 0.3) is 0 Å². The lowest BCUT2D eigenvalue weighted by molar-refractivity contribution is 0.953. The molecule has 0 atom stereocenters. The number of thiophene rings is 2. The van der Waals surface area contributed by atoms with Crippen LogP contribution in [0.25, 0.3) is 207 Å². The Labute approximate surface area is 613 Å². The number of fused-ring (bicyclic) bond motifs is 21. The average Bonchev–Trinajstić information content (AvgIpc) is 1.55. The van der Waals surface area contributed by atoms with Crippen molar-refractivity contribution in [3.05, 3.63) is 340 Å². The molecule has 23 rings (SSSR count). The van der Waals surface area contributed by atoms with Crippen molar-refractivity contribution in [3.63, 3.8) is 0 Å². The largest absolute Gasteiger partial charge is 0.309 e. The number of benzene rings is 15. The van der Waals surface area contributed by atoms with Crippen molar-refractivity contribution in [2.45, 2.75) is 0 Å². The molecule has 0 radical (unpaired) electrons. The fourth-order valence-electron chi connectivity index (χ4n) is 16.2. The fraction of sp³-hybridized carbons (Fsp3) is 0. The van der Waals surface area contributed by atoms with Crippen LogP contribution in [0.3, 0.4) is 0 Å². The zero-order chi connectivity index (χ0) is 69.5. The molecule has 0 aliphatic carbocycles. The Kier molecular flexibility index (Phi) is 13.5. The van der Waals surface area contributed by atoms with Crippen molar-refractivity contribution in [2.75, 3.05) is 0 Å². The maximum Gasteiger partial charge on any atom is 0.238 e. The second-order valence-corrected chi connectivity index (χ2v) is 29.1. The molecule has 0 N–H and O–H groups in total. The van der Waals surface area contributed by atoms with E-state index in [0.717, 1.165) is 82.6 Å². The van der Waals surface area contributed by atoms with E-state index in [-0.39, 0.29) is 0 Å². The SMILES string of the molecule is c1ccc(-c2nc(-c3ccc4c(c3)sc3ccccc34)nc(-n3c4ccccc4c4c3ccc3c5ccccc5n(-c5ccccc5)c34)n2)cc1.c1ccc(-n2c3ccccc3c3ccc4c(c5ccccc5n4-c4nc(-c5ccc6ccccc6c5)nc(-c5ccc6c(c5)sc5ccccc56)n4)c32)cc1. The maximum absolute atomic E-state index is 5.34. The van der Waals surface area contributed by atoms with Gasteiger partial charge in [0, 0.05) is 117 Å². The van der Waals surface area contributed by atoms with E-state index in [9.17, 15) is 0 Å². The second-order valence-electron chi connectivity index (χ2n) is 26.9. The summed E-state index contributed by atoms with van der Waals surface area (Å²) in [6.07, 6.45) is 0. The summed E-state index contributed by atoms with van der Waals surface area (Å²) in [7, 11) is 0. The highest BCUT2D eigenvalue weighted by molar-refractivity contribution is 7.26. The van der Waals surface area contributed by atoms with E-state index in [0.29, 0.717) is 35.2 Å². The third-order valence-corrected chi connectivity index (χ3v) is 23.2. The zero-order valence-corrected chi connectivity index (χ0v) is 58.3. The van der Waals surface area contributed by atoms with Gasteiger partial charge in [-0.3, -0.25) is 9.13 Å². The lowest BCUT2D eigenvalue weighted by Gasteiger charge is -2.12. The third kappa shape index (κ3) is 9.41. The third-order valence-electron chi connectivity index (χ3n) is 20.9. The number of nitrogens with zero attached hydrogens (tertiary/aromatic N) is 10. The van der Waals surface area contributed by atoms with Crippen LogP contribution in [-0.4, -0.2) is 48.2 Å². The molecule has 8 heterocycles. The smallest absolute Gasteiger partial charge is 0.238 e. The molecular weight excluding hydrogens is 1330 g/mol. The van der Waals surface area contributed by atoms with Crippen molar-refractivity contribution < 1.29 is 0 Å². The number of rotatable bonds is 8. The first-order valence-electron chi connectivity index (χ1n) is 35.5. The molecule has 494 valence electrons. The summed E-state index contributed by atoms with van der Waals surface area (Å²) in [6, 6.07) is 120. The highest BCUT2D eigenvalue weighted by atomic mass is 32.1.